The molecule has 0 aromatic heterocycles. The molecule has 0 saturated carbocycles. The molecule has 0 radical (unpaired) electrons. The largest absolute Gasteiger partial charge is 0.457 e. The van der Waals surface area contributed by atoms with Crippen molar-refractivity contribution in [2.24, 2.45) is 5.92 Å². The number of rotatable bonds is 7. The topological polar surface area (TPSA) is 63.7 Å². The van der Waals surface area contributed by atoms with Crippen LogP contribution in [0, 0.1) is 5.92 Å². The van der Waals surface area contributed by atoms with Crippen LogP contribution >= 0.6 is 0 Å². The molecule has 1 saturated heterocycles. The molecule has 2 aromatic carbocycles. The van der Waals surface area contributed by atoms with E-state index in [9.17, 15) is 14.4 Å². The summed E-state index contributed by atoms with van der Waals surface area (Å²) in [6.07, 6.45) is 1.07. The number of para-hydroxylation sites is 1. The Morgan fingerprint density at radius 2 is 1.79 bits per heavy atom. The Balaban J connectivity index is 1.65. The number of esters is 1. The van der Waals surface area contributed by atoms with Crippen molar-refractivity contribution in [3.63, 3.8) is 0 Å². The summed E-state index contributed by atoms with van der Waals surface area (Å²) < 4.78 is 5.21. The first-order valence-corrected chi connectivity index (χ1v) is 9.65. The maximum Gasteiger partial charge on any atom is 0.311 e. The van der Waals surface area contributed by atoms with E-state index >= 15 is 0 Å². The summed E-state index contributed by atoms with van der Waals surface area (Å²) in [6.45, 7) is 4.21. The number of benzene rings is 2. The predicted octanol–water partition coefficient (Wildman–Crippen LogP) is 3.98. The van der Waals surface area contributed by atoms with Gasteiger partial charge in [0.2, 0.25) is 5.91 Å². The Morgan fingerprint density at radius 3 is 2.50 bits per heavy atom. The van der Waals surface area contributed by atoms with Crippen LogP contribution in [0.5, 0.6) is 0 Å². The van der Waals surface area contributed by atoms with Crippen LogP contribution in [0.2, 0.25) is 0 Å². The van der Waals surface area contributed by atoms with Gasteiger partial charge in [-0.2, -0.15) is 0 Å². The monoisotopic (exact) mass is 379 g/mol. The summed E-state index contributed by atoms with van der Waals surface area (Å²) in [6, 6.07) is 16.5. The van der Waals surface area contributed by atoms with Gasteiger partial charge in [-0.05, 0) is 24.0 Å². The number of ether oxygens (including phenoxy) is 1. The highest BCUT2D eigenvalue weighted by Gasteiger charge is 2.37. The molecule has 1 aliphatic rings. The molecule has 3 rings (SSSR count). The van der Waals surface area contributed by atoms with Crippen molar-refractivity contribution >= 4 is 23.3 Å². The molecule has 1 amide bonds. The molecule has 0 N–H and O–H groups in total. The third-order valence-corrected chi connectivity index (χ3v) is 5.27. The van der Waals surface area contributed by atoms with Gasteiger partial charge in [0.05, 0.1) is 5.92 Å². The van der Waals surface area contributed by atoms with E-state index in [-0.39, 0.29) is 31.3 Å². The molecule has 2 atom stereocenters. The molecule has 2 aromatic rings. The van der Waals surface area contributed by atoms with Crippen LogP contribution < -0.4 is 4.90 Å². The van der Waals surface area contributed by atoms with Gasteiger partial charge in [-0.25, -0.2) is 0 Å². The molecule has 0 bridgehead atoms. The molecule has 5 nitrogen and oxygen atoms in total. The average Bonchev–Trinajstić information content (AvgIpc) is 3.13. The lowest BCUT2D eigenvalue weighted by Crippen LogP contribution is -2.28. The average molecular weight is 379 g/mol. The predicted molar refractivity (Wildman–Crippen MR) is 107 cm³/mol. The smallest absolute Gasteiger partial charge is 0.311 e. The first kappa shape index (κ1) is 19.8. The van der Waals surface area contributed by atoms with E-state index in [4.69, 9.17) is 4.74 Å². The van der Waals surface area contributed by atoms with E-state index < -0.39 is 11.9 Å². The van der Waals surface area contributed by atoms with Crippen LogP contribution in [0.3, 0.4) is 0 Å². The summed E-state index contributed by atoms with van der Waals surface area (Å²) in [5.41, 5.74) is 2.46. The summed E-state index contributed by atoms with van der Waals surface area (Å²) in [5, 5.41) is 0. The van der Waals surface area contributed by atoms with Crippen LogP contribution in [-0.2, 0) is 14.3 Å². The SMILES string of the molecule is CC[C@H](C)c1ccccc1N1C[C@@H](C(=O)OCC(=O)c2ccccc2)CC1=O. The molecule has 0 spiro atoms. The van der Waals surface area contributed by atoms with E-state index in [1.54, 1.807) is 29.2 Å². The molecule has 146 valence electrons. The molecule has 28 heavy (non-hydrogen) atoms. The molecule has 0 unspecified atom stereocenters. The Hall–Kier alpha value is -2.95. The highest BCUT2D eigenvalue weighted by molar-refractivity contribution is 6.01. The number of anilines is 1. The summed E-state index contributed by atoms with van der Waals surface area (Å²) in [5.74, 6) is -1.08. The van der Waals surface area contributed by atoms with Gasteiger partial charge in [0.25, 0.3) is 0 Å². The highest BCUT2D eigenvalue weighted by atomic mass is 16.5. The molecular formula is C23H25NO4. The van der Waals surface area contributed by atoms with E-state index in [1.165, 1.54) is 0 Å². The van der Waals surface area contributed by atoms with E-state index in [2.05, 4.69) is 13.8 Å². The lowest BCUT2D eigenvalue weighted by molar-refractivity contribution is -0.147. The Labute approximate surface area is 165 Å². The van der Waals surface area contributed by atoms with E-state index in [0.29, 0.717) is 11.5 Å². The van der Waals surface area contributed by atoms with Crippen molar-refractivity contribution in [3.05, 3.63) is 65.7 Å². The first-order chi connectivity index (χ1) is 13.5. The van der Waals surface area contributed by atoms with Crippen molar-refractivity contribution < 1.29 is 19.1 Å². The summed E-state index contributed by atoms with van der Waals surface area (Å²) in [7, 11) is 0. The molecular weight excluding hydrogens is 354 g/mol. The standard InChI is InChI=1S/C23H25NO4/c1-3-16(2)19-11-7-8-12-20(19)24-14-18(13-22(24)26)23(27)28-15-21(25)17-9-5-4-6-10-17/h4-12,16,18H,3,13-15H2,1-2H3/t16-,18-/m0/s1. The van der Waals surface area contributed by atoms with Crippen LogP contribution in [0.25, 0.3) is 0 Å². The zero-order valence-corrected chi connectivity index (χ0v) is 16.3. The third kappa shape index (κ3) is 4.30. The Bertz CT molecular complexity index is 862. The van der Waals surface area contributed by atoms with Gasteiger partial charge in [-0.15, -0.1) is 0 Å². The lowest BCUT2D eigenvalue weighted by atomic mass is 9.96. The van der Waals surface area contributed by atoms with Crippen molar-refractivity contribution in [2.45, 2.75) is 32.6 Å². The number of hydrogen-bond donors (Lipinski definition) is 0. The third-order valence-electron chi connectivity index (χ3n) is 5.27. The van der Waals surface area contributed by atoms with E-state index in [1.807, 2.05) is 30.3 Å². The summed E-state index contributed by atoms with van der Waals surface area (Å²) >= 11 is 0. The van der Waals surface area contributed by atoms with Gasteiger partial charge in [0.15, 0.2) is 12.4 Å². The summed E-state index contributed by atoms with van der Waals surface area (Å²) in [4.78, 5) is 38.8. The van der Waals surface area contributed by atoms with Gasteiger partial charge in [0.1, 0.15) is 0 Å². The van der Waals surface area contributed by atoms with Gasteiger partial charge in [0, 0.05) is 24.2 Å². The fraction of sp³-hybridized carbons (Fsp3) is 0.348. The second-order valence-electron chi connectivity index (χ2n) is 7.17. The zero-order chi connectivity index (χ0) is 20.1. The Kier molecular flexibility index (Phi) is 6.24. The molecule has 1 heterocycles. The van der Waals surface area contributed by atoms with Gasteiger partial charge >= 0.3 is 5.97 Å². The fourth-order valence-corrected chi connectivity index (χ4v) is 3.43. The first-order valence-electron chi connectivity index (χ1n) is 9.65. The number of carbonyl (C=O) groups excluding carboxylic acids is 3. The number of hydrogen-bond acceptors (Lipinski definition) is 4. The number of amides is 1. The van der Waals surface area contributed by atoms with Crippen molar-refractivity contribution in [2.75, 3.05) is 18.1 Å². The van der Waals surface area contributed by atoms with Crippen LogP contribution in [-0.4, -0.2) is 30.8 Å². The molecule has 1 fully saturated rings. The molecule has 1 aliphatic heterocycles. The van der Waals surface area contributed by atoms with E-state index in [0.717, 1.165) is 17.7 Å². The second-order valence-corrected chi connectivity index (χ2v) is 7.17. The quantitative estimate of drug-likeness (QED) is 0.539. The molecule has 0 aliphatic carbocycles. The van der Waals surface area contributed by atoms with Gasteiger partial charge in [-0.1, -0.05) is 62.4 Å². The van der Waals surface area contributed by atoms with Crippen molar-refractivity contribution in [1.82, 2.24) is 0 Å². The number of nitrogens with zero attached hydrogens (tertiary/aromatic N) is 1. The zero-order valence-electron chi connectivity index (χ0n) is 16.3. The molecule has 5 heteroatoms. The van der Waals surface area contributed by atoms with Crippen molar-refractivity contribution in [3.8, 4) is 0 Å². The van der Waals surface area contributed by atoms with Gasteiger partial charge < -0.3 is 9.64 Å². The van der Waals surface area contributed by atoms with Crippen LogP contribution in [0.4, 0.5) is 5.69 Å². The Morgan fingerprint density at radius 1 is 1.11 bits per heavy atom. The minimum Gasteiger partial charge on any atom is -0.457 e. The maximum absolute atomic E-state index is 12.6. The van der Waals surface area contributed by atoms with Crippen LogP contribution in [0.1, 0.15) is 48.5 Å². The van der Waals surface area contributed by atoms with Crippen molar-refractivity contribution in [1.29, 1.82) is 0 Å². The van der Waals surface area contributed by atoms with Gasteiger partial charge in [-0.3, -0.25) is 14.4 Å². The number of carbonyl (C=O) groups is 3. The lowest BCUT2D eigenvalue weighted by Gasteiger charge is -2.23. The fourth-order valence-electron chi connectivity index (χ4n) is 3.43. The normalized spacial score (nSPS) is 17.4. The number of Topliss-reactive ketones (excluding diaryl/α,β-unsaturated/α-hetero) is 1. The second kappa shape index (κ2) is 8.83. The maximum atomic E-state index is 12.6. The minimum atomic E-state index is -0.555. The number of ketones is 1. The highest BCUT2D eigenvalue weighted by Crippen LogP contribution is 2.33. The van der Waals surface area contributed by atoms with Crippen LogP contribution in [0.15, 0.2) is 54.6 Å². The minimum absolute atomic E-state index is 0.0907.